The average Bonchev–Trinajstić information content (AvgIpc) is 2.93. The standard InChI is InChI=1S/C19H19N3OS/c1-13-7-6-8-15(11-13)12-17-18(23)20-19(24-17)22-21-14(2)16-9-4-3-5-10-16/h3-11,17,21H,2,12H2,1H3,(H,20,22,23). The maximum absolute atomic E-state index is 12.1. The maximum atomic E-state index is 12.1. The van der Waals surface area contributed by atoms with Crippen LogP contribution in [0.5, 0.6) is 0 Å². The summed E-state index contributed by atoms with van der Waals surface area (Å²) >= 11 is 1.44. The van der Waals surface area contributed by atoms with Gasteiger partial charge in [0.25, 0.3) is 0 Å². The van der Waals surface area contributed by atoms with Crippen molar-refractivity contribution in [2.75, 3.05) is 0 Å². The molecule has 0 bridgehead atoms. The first-order valence-electron chi connectivity index (χ1n) is 7.73. The van der Waals surface area contributed by atoms with Crippen molar-refractivity contribution >= 4 is 28.5 Å². The first kappa shape index (κ1) is 16.3. The van der Waals surface area contributed by atoms with Gasteiger partial charge in [-0.25, -0.2) is 0 Å². The van der Waals surface area contributed by atoms with Gasteiger partial charge in [-0.05, 0) is 24.5 Å². The van der Waals surface area contributed by atoms with Crippen LogP contribution in [-0.4, -0.2) is 16.3 Å². The summed E-state index contributed by atoms with van der Waals surface area (Å²) in [5, 5.41) is 7.50. The highest BCUT2D eigenvalue weighted by Gasteiger charge is 2.30. The Morgan fingerprint density at radius 3 is 2.79 bits per heavy atom. The van der Waals surface area contributed by atoms with E-state index in [1.807, 2.05) is 42.5 Å². The van der Waals surface area contributed by atoms with Gasteiger partial charge < -0.3 is 5.32 Å². The van der Waals surface area contributed by atoms with Crippen molar-refractivity contribution < 1.29 is 4.79 Å². The van der Waals surface area contributed by atoms with Crippen LogP contribution >= 0.6 is 11.8 Å². The quantitative estimate of drug-likeness (QED) is 0.823. The van der Waals surface area contributed by atoms with Gasteiger partial charge in [-0.2, -0.15) is 0 Å². The molecule has 4 nitrogen and oxygen atoms in total. The second-order valence-electron chi connectivity index (χ2n) is 5.66. The van der Waals surface area contributed by atoms with Gasteiger partial charge in [-0.1, -0.05) is 78.5 Å². The Morgan fingerprint density at radius 2 is 2.04 bits per heavy atom. The van der Waals surface area contributed by atoms with Crippen molar-refractivity contribution in [3.05, 3.63) is 77.9 Å². The van der Waals surface area contributed by atoms with Crippen LogP contribution in [0.3, 0.4) is 0 Å². The molecule has 2 N–H and O–H groups in total. The highest BCUT2D eigenvalue weighted by molar-refractivity contribution is 8.15. The van der Waals surface area contributed by atoms with Crippen LogP contribution < -0.4 is 10.7 Å². The van der Waals surface area contributed by atoms with Crippen LogP contribution in [0.15, 0.2) is 66.3 Å². The molecule has 1 atom stereocenters. The molecule has 5 heteroatoms. The van der Waals surface area contributed by atoms with E-state index in [-0.39, 0.29) is 11.2 Å². The van der Waals surface area contributed by atoms with E-state index in [1.54, 1.807) is 0 Å². The number of nitrogens with one attached hydrogen (secondary N) is 2. The van der Waals surface area contributed by atoms with E-state index in [1.165, 1.54) is 17.3 Å². The number of rotatable bonds is 5. The fourth-order valence-electron chi connectivity index (χ4n) is 2.47. The first-order valence-corrected chi connectivity index (χ1v) is 8.61. The van der Waals surface area contributed by atoms with Crippen molar-refractivity contribution in [1.82, 2.24) is 10.7 Å². The van der Waals surface area contributed by atoms with Crippen LogP contribution in [-0.2, 0) is 11.2 Å². The lowest BCUT2D eigenvalue weighted by Crippen LogP contribution is -2.26. The number of amidine groups is 1. The summed E-state index contributed by atoms with van der Waals surface area (Å²) in [6.07, 6.45) is 0.691. The molecule has 0 spiro atoms. The van der Waals surface area contributed by atoms with Gasteiger partial charge in [0.15, 0.2) is 5.17 Å². The number of benzene rings is 2. The molecule has 1 amide bonds. The molecule has 0 radical (unpaired) electrons. The second-order valence-corrected chi connectivity index (χ2v) is 6.85. The van der Waals surface area contributed by atoms with Gasteiger partial charge in [-0.3, -0.25) is 10.2 Å². The van der Waals surface area contributed by atoms with Gasteiger partial charge in [0.1, 0.15) is 0 Å². The minimum atomic E-state index is -0.155. The second kappa shape index (κ2) is 7.36. The third-order valence-electron chi connectivity index (χ3n) is 3.69. The Hall–Kier alpha value is -2.53. The zero-order valence-corrected chi connectivity index (χ0v) is 14.3. The molecule has 1 aliphatic rings. The Morgan fingerprint density at radius 1 is 1.25 bits per heavy atom. The van der Waals surface area contributed by atoms with E-state index in [4.69, 9.17) is 0 Å². The zero-order chi connectivity index (χ0) is 16.9. The third kappa shape index (κ3) is 4.06. The van der Waals surface area contributed by atoms with Gasteiger partial charge >= 0.3 is 0 Å². The molecule has 1 aliphatic heterocycles. The van der Waals surface area contributed by atoms with Crippen molar-refractivity contribution in [2.24, 2.45) is 5.10 Å². The maximum Gasteiger partial charge on any atom is 0.239 e. The number of carbonyl (C=O) groups excluding carboxylic acids is 1. The van der Waals surface area contributed by atoms with Crippen LogP contribution in [0.1, 0.15) is 16.7 Å². The van der Waals surface area contributed by atoms with Crippen LogP contribution in [0.4, 0.5) is 0 Å². The van der Waals surface area contributed by atoms with Crippen LogP contribution in [0.2, 0.25) is 0 Å². The summed E-state index contributed by atoms with van der Waals surface area (Å²) in [5.74, 6) is -0.00706. The molecule has 1 saturated heterocycles. The molecule has 1 unspecified atom stereocenters. The van der Waals surface area contributed by atoms with Gasteiger partial charge in [0.05, 0.1) is 10.9 Å². The molecule has 1 fully saturated rings. The number of hydrogen-bond donors (Lipinski definition) is 2. The summed E-state index contributed by atoms with van der Waals surface area (Å²) in [4.78, 5) is 12.1. The summed E-state index contributed by atoms with van der Waals surface area (Å²) in [7, 11) is 0. The predicted molar refractivity (Wildman–Crippen MR) is 100 cm³/mol. The van der Waals surface area contributed by atoms with Crippen molar-refractivity contribution in [3.63, 3.8) is 0 Å². The largest absolute Gasteiger partial charge is 0.303 e. The number of carbonyl (C=O) groups is 1. The van der Waals surface area contributed by atoms with Crippen LogP contribution in [0.25, 0.3) is 5.70 Å². The van der Waals surface area contributed by atoms with E-state index in [9.17, 15) is 4.79 Å². The number of aryl methyl sites for hydroxylation is 1. The fraction of sp³-hybridized carbons (Fsp3) is 0.158. The number of hydrogen-bond acceptors (Lipinski definition) is 4. The fourth-order valence-corrected chi connectivity index (χ4v) is 3.44. The molecule has 0 aromatic heterocycles. The number of hydrazone groups is 1. The Labute approximate surface area is 146 Å². The number of amides is 1. The number of thioether (sulfide) groups is 1. The molecule has 3 rings (SSSR count). The van der Waals surface area contributed by atoms with Crippen molar-refractivity contribution in [1.29, 1.82) is 0 Å². The molecule has 24 heavy (non-hydrogen) atoms. The SMILES string of the molecule is C=C(N/N=C1\NC(=O)C(Cc2cccc(C)c2)S1)c1ccccc1. The highest BCUT2D eigenvalue weighted by atomic mass is 32.2. The predicted octanol–water partition coefficient (Wildman–Crippen LogP) is 3.30. The lowest BCUT2D eigenvalue weighted by molar-refractivity contribution is -0.118. The molecule has 1 heterocycles. The van der Waals surface area contributed by atoms with E-state index in [0.29, 0.717) is 17.3 Å². The van der Waals surface area contributed by atoms with E-state index in [2.05, 4.69) is 41.5 Å². The Balaban J connectivity index is 1.61. The Bertz CT molecular complexity index is 786. The first-order chi connectivity index (χ1) is 11.6. The molecule has 2 aromatic rings. The van der Waals surface area contributed by atoms with Gasteiger partial charge in [0, 0.05) is 0 Å². The zero-order valence-electron chi connectivity index (χ0n) is 13.5. The molecule has 0 aliphatic carbocycles. The highest BCUT2D eigenvalue weighted by Crippen LogP contribution is 2.23. The summed E-state index contributed by atoms with van der Waals surface area (Å²) in [6, 6.07) is 18.0. The van der Waals surface area contributed by atoms with Crippen molar-refractivity contribution in [2.45, 2.75) is 18.6 Å². The van der Waals surface area contributed by atoms with E-state index in [0.717, 1.165) is 11.1 Å². The summed E-state index contributed by atoms with van der Waals surface area (Å²) < 4.78 is 0. The van der Waals surface area contributed by atoms with Gasteiger partial charge in [-0.15, -0.1) is 5.10 Å². The Kier molecular flexibility index (Phi) is 5.01. The number of nitrogens with zero attached hydrogens (tertiary/aromatic N) is 1. The smallest absolute Gasteiger partial charge is 0.239 e. The minimum absolute atomic E-state index is 0.00706. The topological polar surface area (TPSA) is 53.5 Å². The monoisotopic (exact) mass is 337 g/mol. The van der Waals surface area contributed by atoms with E-state index < -0.39 is 0 Å². The molecular weight excluding hydrogens is 318 g/mol. The third-order valence-corrected chi connectivity index (χ3v) is 4.78. The lowest BCUT2D eigenvalue weighted by atomic mass is 10.1. The van der Waals surface area contributed by atoms with Crippen molar-refractivity contribution in [3.8, 4) is 0 Å². The molecule has 122 valence electrons. The summed E-state index contributed by atoms with van der Waals surface area (Å²) in [6.45, 7) is 6.01. The minimum Gasteiger partial charge on any atom is -0.303 e. The average molecular weight is 337 g/mol. The van der Waals surface area contributed by atoms with E-state index >= 15 is 0 Å². The van der Waals surface area contributed by atoms with Gasteiger partial charge in [0.2, 0.25) is 5.91 Å². The lowest BCUT2D eigenvalue weighted by Gasteiger charge is -2.06. The normalized spacial score (nSPS) is 18.5. The molecule has 2 aromatic carbocycles. The molecular formula is C19H19N3OS. The molecule has 0 saturated carbocycles. The van der Waals surface area contributed by atoms with Crippen LogP contribution in [0, 0.1) is 6.92 Å². The summed E-state index contributed by atoms with van der Waals surface area (Å²) in [5.41, 5.74) is 6.93.